The summed E-state index contributed by atoms with van der Waals surface area (Å²) < 4.78 is 9.54. The van der Waals surface area contributed by atoms with E-state index in [1.165, 1.54) is 0 Å². The van der Waals surface area contributed by atoms with Crippen molar-refractivity contribution in [2.45, 2.75) is 94.0 Å². The molecule has 200 valence electrons. The van der Waals surface area contributed by atoms with Crippen LogP contribution in [-0.4, -0.2) is 27.5 Å². The van der Waals surface area contributed by atoms with Gasteiger partial charge in [0.05, 0.1) is 16.4 Å². The van der Waals surface area contributed by atoms with Crippen LogP contribution in [0.4, 0.5) is 0 Å². The summed E-state index contributed by atoms with van der Waals surface area (Å²) in [5.74, 6) is -0.122. The molecule has 0 unspecified atom stereocenters. The van der Waals surface area contributed by atoms with Crippen LogP contribution in [0.1, 0.15) is 89.1 Å². The maximum Gasteiger partial charge on any atom is 0.542 e. The van der Waals surface area contributed by atoms with Crippen LogP contribution in [0.5, 0.6) is 5.75 Å². The van der Waals surface area contributed by atoms with Gasteiger partial charge >= 0.3 is 5.82 Å². The van der Waals surface area contributed by atoms with Crippen LogP contribution in [0, 0.1) is 33.1 Å². The molecule has 2 aliphatic rings. The molecule has 2 heterocycles. The standard InChI is InChI=1S/C15H19NO4.C14H19NO2/c1-7-9(3)12(17)10(4)8(2)11(7)15(5,6)13-16-20-14(18)19-13;1-7-9(3)14(10(4)8(2)11(7)16)13(5,6)12(17)15-14/h17H,1-6H3;1-6H3,(H,15,17). The van der Waals surface area contributed by atoms with E-state index >= 15 is 0 Å². The molecule has 0 bridgehead atoms. The molecule has 1 aromatic heterocycles. The van der Waals surface area contributed by atoms with Gasteiger partial charge in [0.1, 0.15) is 5.75 Å². The van der Waals surface area contributed by atoms with Gasteiger partial charge < -0.3 is 14.8 Å². The first-order chi connectivity index (χ1) is 16.8. The average molecular weight is 511 g/mol. The molecule has 8 nitrogen and oxygen atoms in total. The number of Topliss-reactive ketones (excluding diaryl/α,β-unsaturated/α-hetero) is 1. The van der Waals surface area contributed by atoms with E-state index in [-0.39, 0.29) is 17.6 Å². The molecule has 1 saturated heterocycles. The van der Waals surface area contributed by atoms with Crippen molar-refractivity contribution in [2.24, 2.45) is 5.41 Å². The number of carbonyl (C=O) groups excluding carboxylic acids is 2. The number of phenolic OH excluding ortho intramolecular Hbond substituents is 1. The predicted molar refractivity (Wildman–Crippen MR) is 141 cm³/mol. The highest BCUT2D eigenvalue weighted by atomic mass is 16.6. The third-order valence-corrected chi connectivity index (χ3v) is 8.87. The van der Waals surface area contributed by atoms with Crippen molar-refractivity contribution in [2.75, 3.05) is 0 Å². The smallest absolute Gasteiger partial charge is 0.507 e. The summed E-state index contributed by atoms with van der Waals surface area (Å²) in [5.41, 5.74) is 6.49. The summed E-state index contributed by atoms with van der Waals surface area (Å²) in [7, 11) is 0. The third-order valence-electron chi connectivity index (χ3n) is 8.87. The molecule has 1 amide bonds. The molecule has 0 atom stereocenters. The Morgan fingerprint density at radius 2 is 1.27 bits per heavy atom. The van der Waals surface area contributed by atoms with Crippen LogP contribution < -0.4 is 11.1 Å². The van der Waals surface area contributed by atoms with Crippen LogP contribution in [0.3, 0.4) is 0 Å². The van der Waals surface area contributed by atoms with Gasteiger partial charge in [0, 0.05) is 0 Å². The summed E-state index contributed by atoms with van der Waals surface area (Å²) in [6.07, 6.45) is 0. The van der Waals surface area contributed by atoms with Gasteiger partial charge in [-0.05, 0) is 138 Å². The van der Waals surface area contributed by atoms with Crippen molar-refractivity contribution in [1.82, 2.24) is 10.5 Å². The lowest BCUT2D eigenvalue weighted by atomic mass is 9.54. The fourth-order valence-electron chi connectivity index (χ4n) is 5.95. The van der Waals surface area contributed by atoms with Gasteiger partial charge in [-0.1, -0.05) is 0 Å². The number of allylic oxidation sites excluding steroid dienone is 2. The van der Waals surface area contributed by atoms with E-state index in [1.54, 1.807) is 0 Å². The van der Waals surface area contributed by atoms with Crippen molar-refractivity contribution >= 4 is 11.7 Å². The van der Waals surface area contributed by atoms with Crippen LogP contribution in [0.2, 0.25) is 0 Å². The zero-order valence-electron chi connectivity index (χ0n) is 23.9. The Bertz CT molecular complexity index is 1390. The molecule has 1 aliphatic carbocycles. The Morgan fingerprint density at radius 3 is 1.62 bits per heavy atom. The van der Waals surface area contributed by atoms with Crippen molar-refractivity contribution in [1.29, 1.82) is 0 Å². The minimum atomic E-state index is -0.810. The van der Waals surface area contributed by atoms with Gasteiger partial charge in [0.25, 0.3) is 0 Å². The molecule has 0 radical (unpaired) electrons. The first kappa shape index (κ1) is 28.2. The molecule has 1 fully saturated rings. The molecule has 0 saturated carbocycles. The fourth-order valence-corrected chi connectivity index (χ4v) is 5.95. The summed E-state index contributed by atoms with van der Waals surface area (Å²) in [4.78, 5) is 34.9. The zero-order valence-corrected chi connectivity index (χ0v) is 23.9. The molecule has 1 aromatic carbocycles. The first-order valence-electron chi connectivity index (χ1n) is 12.4. The van der Waals surface area contributed by atoms with Crippen LogP contribution >= 0.6 is 0 Å². The van der Waals surface area contributed by atoms with E-state index in [1.807, 2.05) is 83.1 Å². The van der Waals surface area contributed by atoms with Crippen molar-refractivity contribution < 1.29 is 23.6 Å². The lowest BCUT2D eigenvalue weighted by Crippen LogP contribution is -2.76. The Hall–Kier alpha value is -3.42. The monoisotopic (exact) mass is 510 g/mol. The topological polar surface area (TPSA) is 123 Å². The Kier molecular flexibility index (Phi) is 6.74. The van der Waals surface area contributed by atoms with E-state index in [9.17, 15) is 19.5 Å². The van der Waals surface area contributed by atoms with Gasteiger partial charge in [-0.2, -0.15) is 0 Å². The Labute approximate surface area is 217 Å². The molecule has 2 aromatic rings. The van der Waals surface area contributed by atoms with Crippen molar-refractivity contribution in [3.8, 4) is 5.75 Å². The van der Waals surface area contributed by atoms with E-state index in [4.69, 9.17) is 4.42 Å². The molecule has 4 rings (SSSR count). The molecule has 1 spiro atoms. The Morgan fingerprint density at radius 1 is 0.811 bits per heavy atom. The number of hydrogen-bond acceptors (Lipinski definition) is 7. The summed E-state index contributed by atoms with van der Waals surface area (Å²) in [5, 5.41) is 16.9. The molecular weight excluding hydrogens is 472 g/mol. The molecule has 37 heavy (non-hydrogen) atoms. The SMILES string of the molecule is CC1=C(C)C2(NC(=O)C2(C)C)C(C)=C(C)C1=O.Cc1c(C)c(C(C)(C)c2noc(=O)o2)c(C)c(C)c1O. The van der Waals surface area contributed by atoms with E-state index in [0.717, 1.165) is 50.1 Å². The lowest BCUT2D eigenvalue weighted by Gasteiger charge is -2.58. The number of aromatic nitrogens is 1. The maximum absolute atomic E-state index is 12.0. The number of amides is 1. The maximum atomic E-state index is 12.0. The number of nitrogens with zero attached hydrogens (tertiary/aromatic N) is 1. The summed E-state index contributed by atoms with van der Waals surface area (Å²) >= 11 is 0. The molecule has 8 heteroatoms. The number of hydrogen-bond donors (Lipinski definition) is 2. The van der Waals surface area contributed by atoms with Gasteiger partial charge in [0.15, 0.2) is 5.78 Å². The van der Waals surface area contributed by atoms with Crippen LogP contribution in [-0.2, 0) is 15.0 Å². The number of ketones is 1. The summed E-state index contributed by atoms with van der Waals surface area (Å²) in [6.45, 7) is 22.9. The number of carbonyl (C=O) groups is 2. The van der Waals surface area contributed by atoms with Gasteiger partial charge in [-0.3, -0.25) is 14.1 Å². The third kappa shape index (κ3) is 3.80. The highest BCUT2D eigenvalue weighted by Crippen LogP contribution is 2.53. The second-order valence-corrected chi connectivity index (χ2v) is 11.3. The van der Waals surface area contributed by atoms with Gasteiger partial charge in [0.2, 0.25) is 11.8 Å². The number of rotatable bonds is 2. The Balaban J connectivity index is 0.000000208. The first-order valence-corrected chi connectivity index (χ1v) is 12.4. The van der Waals surface area contributed by atoms with Gasteiger partial charge in [-0.25, -0.2) is 4.79 Å². The second kappa shape index (κ2) is 8.85. The van der Waals surface area contributed by atoms with Gasteiger partial charge in [-0.15, -0.1) is 0 Å². The van der Waals surface area contributed by atoms with E-state index in [2.05, 4.69) is 15.0 Å². The zero-order chi connectivity index (χ0) is 28.4. The summed E-state index contributed by atoms with van der Waals surface area (Å²) in [6, 6.07) is 0. The largest absolute Gasteiger partial charge is 0.542 e. The number of aromatic hydroxyl groups is 1. The predicted octanol–water partition coefficient (Wildman–Crippen LogP) is 5.03. The van der Waals surface area contributed by atoms with Crippen molar-refractivity contribution in [3.63, 3.8) is 0 Å². The normalized spacial score (nSPS) is 18.5. The molecular formula is C29H38N2O6. The number of benzene rings is 1. The number of phenols is 1. The highest BCUT2D eigenvalue weighted by Gasteiger charge is 2.63. The minimum absolute atomic E-state index is 0.0474. The quantitative estimate of drug-likeness (QED) is 0.543. The van der Waals surface area contributed by atoms with Crippen molar-refractivity contribution in [3.05, 3.63) is 66.6 Å². The number of nitrogens with one attached hydrogen (secondary N) is 1. The van der Waals surface area contributed by atoms with Crippen LogP contribution in [0.25, 0.3) is 0 Å². The molecule has 2 N–H and O–H groups in total. The van der Waals surface area contributed by atoms with Crippen LogP contribution in [0.15, 0.2) is 36.0 Å². The lowest BCUT2D eigenvalue weighted by molar-refractivity contribution is -0.147. The van der Waals surface area contributed by atoms with E-state index in [0.29, 0.717) is 5.75 Å². The second-order valence-electron chi connectivity index (χ2n) is 11.3. The fraction of sp³-hybridized carbons (Fsp3) is 0.517. The minimum Gasteiger partial charge on any atom is -0.507 e. The molecule has 1 aliphatic heterocycles. The van der Waals surface area contributed by atoms with E-state index < -0.39 is 22.2 Å². The average Bonchev–Trinajstić information content (AvgIpc) is 3.29. The number of β-lactam (4-membered cyclic amide) rings is 1. The highest BCUT2D eigenvalue weighted by molar-refractivity contribution is 6.12.